The van der Waals surface area contributed by atoms with Crippen LogP contribution >= 0.6 is 11.3 Å². The smallest absolute Gasteiger partial charge is 0.225 e. The molecule has 0 radical (unpaired) electrons. The lowest BCUT2D eigenvalue weighted by Gasteiger charge is -2.02. The molecular formula is C16H15N3O2S. The number of furan rings is 1. The van der Waals surface area contributed by atoms with Crippen molar-refractivity contribution in [3.8, 4) is 10.6 Å². The van der Waals surface area contributed by atoms with E-state index in [2.05, 4.69) is 15.3 Å². The third-order valence-electron chi connectivity index (χ3n) is 3.18. The van der Waals surface area contributed by atoms with E-state index >= 15 is 0 Å². The highest BCUT2D eigenvalue weighted by Gasteiger charge is 2.13. The fourth-order valence-electron chi connectivity index (χ4n) is 2.02. The van der Waals surface area contributed by atoms with Crippen molar-refractivity contribution in [1.29, 1.82) is 0 Å². The normalized spacial score (nSPS) is 10.6. The third kappa shape index (κ3) is 3.40. The quantitative estimate of drug-likeness (QED) is 0.786. The van der Waals surface area contributed by atoms with Gasteiger partial charge in [0.1, 0.15) is 10.8 Å². The molecule has 6 heteroatoms. The van der Waals surface area contributed by atoms with Crippen LogP contribution in [-0.2, 0) is 17.8 Å². The van der Waals surface area contributed by atoms with E-state index in [0.29, 0.717) is 13.0 Å². The summed E-state index contributed by atoms with van der Waals surface area (Å²) in [6.45, 7) is 2.33. The molecule has 0 atom stereocenters. The molecule has 3 aromatic heterocycles. The summed E-state index contributed by atoms with van der Waals surface area (Å²) in [5.41, 5.74) is 1.91. The number of pyridine rings is 1. The minimum Gasteiger partial charge on any atom is -0.467 e. The maximum atomic E-state index is 12.0. The number of thiazole rings is 1. The van der Waals surface area contributed by atoms with Crippen LogP contribution in [0.3, 0.4) is 0 Å². The van der Waals surface area contributed by atoms with Gasteiger partial charge in [-0.3, -0.25) is 9.78 Å². The predicted molar refractivity (Wildman–Crippen MR) is 84.3 cm³/mol. The SMILES string of the molecule is Cc1nc(-c2ccncc2)sc1CC(=O)NCc1ccco1. The Morgan fingerprint density at radius 2 is 2.14 bits per heavy atom. The predicted octanol–water partition coefficient (Wildman–Crippen LogP) is 2.97. The van der Waals surface area contributed by atoms with Gasteiger partial charge in [0, 0.05) is 22.8 Å². The lowest BCUT2D eigenvalue weighted by molar-refractivity contribution is -0.120. The van der Waals surface area contributed by atoms with Gasteiger partial charge in [0.2, 0.25) is 5.91 Å². The fraction of sp³-hybridized carbons (Fsp3) is 0.188. The average molecular weight is 313 g/mol. The molecule has 3 aromatic rings. The number of aryl methyl sites for hydroxylation is 1. The van der Waals surface area contributed by atoms with Gasteiger partial charge in [0.15, 0.2) is 0 Å². The van der Waals surface area contributed by atoms with E-state index in [1.165, 1.54) is 0 Å². The van der Waals surface area contributed by atoms with Gasteiger partial charge in [-0.1, -0.05) is 0 Å². The number of nitrogens with zero attached hydrogens (tertiary/aromatic N) is 2. The number of hydrogen-bond donors (Lipinski definition) is 1. The summed E-state index contributed by atoms with van der Waals surface area (Å²) < 4.78 is 5.19. The molecule has 0 aliphatic carbocycles. The molecule has 0 spiro atoms. The highest BCUT2D eigenvalue weighted by atomic mass is 32.1. The van der Waals surface area contributed by atoms with Crippen LogP contribution < -0.4 is 5.32 Å². The van der Waals surface area contributed by atoms with E-state index in [1.54, 1.807) is 36.1 Å². The summed E-state index contributed by atoms with van der Waals surface area (Å²) in [4.78, 5) is 21.5. The molecule has 0 aliphatic rings. The molecule has 0 fully saturated rings. The van der Waals surface area contributed by atoms with E-state index in [9.17, 15) is 4.79 Å². The fourth-order valence-corrected chi connectivity index (χ4v) is 3.08. The van der Waals surface area contributed by atoms with Gasteiger partial charge < -0.3 is 9.73 Å². The van der Waals surface area contributed by atoms with Crippen LogP contribution in [0.5, 0.6) is 0 Å². The molecule has 0 bridgehead atoms. The third-order valence-corrected chi connectivity index (χ3v) is 4.39. The van der Waals surface area contributed by atoms with E-state index in [0.717, 1.165) is 26.9 Å². The number of hydrogen-bond acceptors (Lipinski definition) is 5. The van der Waals surface area contributed by atoms with E-state index in [4.69, 9.17) is 4.42 Å². The first-order chi connectivity index (χ1) is 10.7. The Morgan fingerprint density at radius 1 is 1.32 bits per heavy atom. The Balaban J connectivity index is 1.65. The second-order valence-electron chi connectivity index (χ2n) is 4.80. The Bertz CT molecular complexity index is 751. The van der Waals surface area contributed by atoms with Crippen molar-refractivity contribution < 1.29 is 9.21 Å². The van der Waals surface area contributed by atoms with Gasteiger partial charge in [-0.15, -0.1) is 11.3 Å². The molecule has 0 aliphatic heterocycles. The second kappa shape index (κ2) is 6.53. The van der Waals surface area contributed by atoms with Crippen molar-refractivity contribution >= 4 is 17.2 Å². The minimum absolute atomic E-state index is 0.0376. The van der Waals surface area contributed by atoms with Gasteiger partial charge in [0.05, 0.1) is 24.9 Å². The van der Waals surface area contributed by atoms with Crippen molar-refractivity contribution in [2.45, 2.75) is 19.9 Å². The van der Waals surface area contributed by atoms with Gasteiger partial charge >= 0.3 is 0 Å². The summed E-state index contributed by atoms with van der Waals surface area (Å²) in [5, 5.41) is 3.76. The van der Waals surface area contributed by atoms with Crippen LogP contribution in [-0.4, -0.2) is 15.9 Å². The monoisotopic (exact) mass is 313 g/mol. The Morgan fingerprint density at radius 3 is 2.86 bits per heavy atom. The van der Waals surface area contributed by atoms with Crippen molar-refractivity contribution in [1.82, 2.24) is 15.3 Å². The molecule has 0 saturated carbocycles. The maximum Gasteiger partial charge on any atom is 0.225 e. The van der Waals surface area contributed by atoms with Gasteiger partial charge in [-0.2, -0.15) is 0 Å². The highest BCUT2D eigenvalue weighted by molar-refractivity contribution is 7.15. The summed E-state index contributed by atoms with van der Waals surface area (Å²) in [6.07, 6.45) is 5.40. The van der Waals surface area contributed by atoms with Crippen LogP contribution in [0.4, 0.5) is 0 Å². The first-order valence-corrected chi connectivity index (χ1v) is 7.70. The molecule has 0 saturated heterocycles. The van der Waals surface area contributed by atoms with Gasteiger partial charge in [-0.25, -0.2) is 4.98 Å². The van der Waals surface area contributed by atoms with Crippen LogP contribution in [0.2, 0.25) is 0 Å². The zero-order chi connectivity index (χ0) is 15.4. The molecule has 1 amide bonds. The number of amides is 1. The van der Waals surface area contributed by atoms with E-state index < -0.39 is 0 Å². The standard InChI is InChI=1S/C16H15N3O2S/c1-11-14(9-15(20)18-10-13-3-2-8-21-13)22-16(19-11)12-4-6-17-7-5-12/h2-8H,9-10H2,1H3,(H,18,20). The topological polar surface area (TPSA) is 68.0 Å². The Kier molecular flexibility index (Phi) is 4.29. The molecule has 5 nitrogen and oxygen atoms in total. The van der Waals surface area contributed by atoms with Crippen LogP contribution in [0, 0.1) is 6.92 Å². The molecule has 112 valence electrons. The zero-order valence-electron chi connectivity index (χ0n) is 12.1. The number of carbonyl (C=O) groups excluding carboxylic acids is 1. The second-order valence-corrected chi connectivity index (χ2v) is 5.88. The molecule has 3 heterocycles. The summed E-state index contributed by atoms with van der Waals surface area (Å²) in [6, 6.07) is 7.47. The van der Waals surface area contributed by atoms with Crippen molar-refractivity contribution in [3.05, 3.63) is 59.3 Å². The molecule has 3 rings (SSSR count). The molecular weight excluding hydrogens is 298 g/mol. The van der Waals surface area contributed by atoms with Gasteiger partial charge in [-0.05, 0) is 31.2 Å². The number of carbonyl (C=O) groups is 1. The Labute approximate surface area is 132 Å². The van der Waals surface area contributed by atoms with E-state index in [-0.39, 0.29) is 5.91 Å². The van der Waals surface area contributed by atoms with Crippen molar-refractivity contribution in [2.24, 2.45) is 0 Å². The van der Waals surface area contributed by atoms with Crippen molar-refractivity contribution in [2.75, 3.05) is 0 Å². The lowest BCUT2D eigenvalue weighted by Crippen LogP contribution is -2.24. The molecule has 1 N–H and O–H groups in total. The number of aromatic nitrogens is 2. The Hall–Kier alpha value is -2.47. The summed E-state index contributed by atoms with van der Waals surface area (Å²) >= 11 is 1.54. The van der Waals surface area contributed by atoms with Crippen molar-refractivity contribution in [3.63, 3.8) is 0 Å². The number of nitrogens with one attached hydrogen (secondary N) is 1. The first-order valence-electron chi connectivity index (χ1n) is 6.88. The van der Waals surface area contributed by atoms with Crippen LogP contribution in [0.25, 0.3) is 10.6 Å². The molecule has 0 aromatic carbocycles. The average Bonchev–Trinajstić information content (AvgIpc) is 3.17. The summed E-state index contributed by atoms with van der Waals surface area (Å²) in [5.74, 6) is 0.705. The zero-order valence-corrected chi connectivity index (χ0v) is 12.9. The molecule has 22 heavy (non-hydrogen) atoms. The first kappa shape index (κ1) is 14.5. The highest BCUT2D eigenvalue weighted by Crippen LogP contribution is 2.27. The molecule has 0 unspecified atom stereocenters. The van der Waals surface area contributed by atoms with Gasteiger partial charge in [0.25, 0.3) is 0 Å². The maximum absolute atomic E-state index is 12.0. The lowest BCUT2D eigenvalue weighted by atomic mass is 10.2. The largest absolute Gasteiger partial charge is 0.467 e. The minimum atomic E-state index is -0.0376. The van der Waals surface area contributed by atoms with Crippen LogP contribution in [0.1, 0.15) is 16.3 Å². The van der Waals surface area contributed by atoms with Crippen LogP contribution in [0.15, 0.2) is 47.3 Å². The van der Waals surface area contributed by atoms with E-state index in [1.807, 2.05) is 25.1 Å². The summed E-state index contributed by atoms with van der Waals surface area (Å²) in [7, 11) is 0. The number of rotatable bonds is 5.